The van der Waals surface area contributed by atoms with Crippen LogP contribution in [0.25, 0.3) is 0 Å². The summed E-state index contributed by atoms with van der Waals surface area (Å²) in [5.74, 6) is 0. The Hall–Kier alpha value is -0.770. The molecule has 1 aromatic rings. The normalized spacial score (nSPS) is 19.4. The fourth-order valence-corrected chi connectivity index (χ4v) is 2.36. The van der Waals surface area contributed by atoms with Gasteiger partial charge in [0.1, 0.15) is 0 Å². The minimum atomic E-state index is -0.561. The molecule has 0 aromatic heterocycles. The number of hydrogen-bond acceptors (Lipinski definition) is 3. The Morgan fingerprint density at radius 2 is 2.00 bits per heavy atom. The second kappa shape index (κ2) is 4.84. The lowest BCUT2D eigenvalue weighted by molar-refractivity contribution is 0.0351. The third-order valence-corrected chi connectivity index (χ3v) is 3.63. The zero-order valence-electron chi connectivity index (χ0n) is 9.99. The first-order valence-corrected chi connectivity index (χ1v) is 6.26. The Kier molecular flexibility index (Phi) is 3.61. The number of anilines is 1. The predicted molar refractivity (Wildman–Crippen MR) is 69.4 cm³/mol. The Bertz CT molecular complexity index is 396. The first-order valence-electron chi connectivity index (χ1n) is 5.88. The number of aliphatic hydroxyl groups excluding tert-OH is 1. The fraction of sp³-hybridized carbons (Fsp3) is 0.538. The van der Waals surface area contributed by atoms with E-state index in [-0.39, 0.29) is 6.61 Å². The minimum Gasteiger partial charge on any atom is -0.392 e. The highest BCUT2D eigenvalue weighted by molar-refractivity contribution is 6.30. The molecule has 0 amide bonds. The smallest absolute Gasteiger partial charge is 0.0702 e. The van der Waals surface area contributed by atoms with Crippen LogP contribution in [0.5, 0.6) is 0 Å². The van der Waals surface area contributed by atoms with Crippen LogP contribution < -0.4 is 4.90 Å². The molecule has 2 N–H and O–H groups in total. The second-order valence-electron chi connectivity index (χ2n) is 4.92. The summed E-state index contributed by atoms with van der Waals surface area (Å²) in [6.45, 7) is 3.47. The molecule has 0 radical (unpaired) electrons. The van der Waals surface area contributed by atoms with Gasteiger partial charge >= 0.3 is 0 Å². The fourth-order valence-electron chi connectivity index (χ4n) is 2.19. The number of rotatable bonds is 2. The summed E-state index contributed by atoms with van der Waals surface area (Å²) in [5, 5.41) is 19.9. The van der Waals surface area contributed by atoms with Gasteiger partial charge in [0, 0.05) is 29.4 Å². The summed E-state index contributed by atoms with van der Waals surface area (Å²) < 4.78 is 0. The molecule has 0 unspecified atom stereocenters. The molecular formula is C13H18ClNO2. The molecule has 0 aliphatic carbocycles. The first kappa shape index (κ1) is 12.7. The third-order valence-electron chi connectivity index (χ3n) is 3.40. The van der Waals surface area contributed by atoms with Gasteiger partial charge in [0.2, 0.25) is 0 Å². The number of nitrogens with zero attached hydrogens (tertiary/aromatic N) is 1. The van der Waals surface area contributed by atoms with Crippen molar-refractivity contribution >= 4 is 17.3 Å². The van der Waals surface area contributed by atoms with Crippen LogP contribution in [0.3, 0.4) is 0 Å². The van der Waals surface area contributed by atoms with E-state index < -0.39 is 5.60 Å². The molecule has 1 saturated heterocycles. The zero-order valence-corrected chi connectivity index (χ0v) is 10.7. The van der Waals surface area contributed by atoms with Gasteiger partial charge in [0.25, 0.3) is 0 Å². The third kappa shape index (κ3) is 2.92. The summed E-state index contributed by atoms with van der Waals surface area (Å²) in [6, 6.07) is 5.52. The van der Waals surface area contributed by atoms with Gasteiger partial charge in [0.05, 0.1) is 12.2 Å². The van der Waals surface area contributed by atoms with Crippen molar-refractivity contribution < 1.29 is 10.2 Å². The van der Waals surface area contributed by atoms with Crippen molar-refractivity contribution in [2.75, 3.05) is 18.0 Å². The number of halogens is 1. The molecule has 2 rings (SSSR count). The Morgan fingerprint density at radius 1 is 1.35 bits per heavy atom. The molecular weight excluding hydrogens is 238 g/mol. The van der Waals surface area contributed by atoms with Crippen LogP contribution in [0, 0.1) is 0 Å². The Labute approximate surface area is 107 Å². The zero-order chi connectivity index (χ0) is 12.5. The van der Waals surface area contributed by atoms with E-state index in [1.54, 1.807) is 6.07 Å². The number of piperidine rings is 1. The molecule has 1 aliphatic heterocycles. The van der Waals surface area contributed by atoms with Crippen molar-refractivity contribution in [1.82, 2.24) is 0 Å². The lowest BCUT2D eigenvalue weighted by Crippen LogP contribution is -2.42. The molecule has 3 nitrogen and oxygen atoms in total. The van der Waals surface area contributed by atoms with Gasteiger partial charge in [-0.1, -0.05) is 17.7 Å². The highest BCUT2D eigenvalue weighted by Gasteiger charge is 2.28. The van der Waals surface area contributed by atoms with E-state index in [1.165, 1.54) is 0 Å². The van der Waals surface area contributed by atoms with E-state index in [1.807, 2.05) is 19.1 Å². The standard InChI is InChI=1S/C13H18ClNO2/c1-13(17)4-6-15(7-5-13)12-8-11(14)3-2-10(12)9-16/h2-3,8,16-17H,4-7,9H2,1H3. The van der Waals surface area contributed by atoms with E-state index >= 15 is 0 Å². The molecule has 0 bridgehead atoms. The van der Waals surface area contributed by atoms with E-state index in [2.05, 4.69) is 4.90 Å². The molecule has 0 spiro atoms. The van der Waals surface area contributed by atoms with E-state index in [9.17, 15) is 10.2 Å². The van der Waals surface area contributed by atoms with Gasteiger partial charge in [0.15, 0.2) is 0 Å². The van der Waals surface area contributed by atoms with E-state index in [4.69, 9.17) is 11.6 Å². The molecule has 17 heavy (non-hydrogen) atoms. The van der Waals surface area contributed by atoms with Gasteiger partial charge in [-0.3, -0.25) is 0 Å². The first-order chi connectivity index (χ1) is 8.02. The summed E-state index contributed by atoms with van der Waals surface area (Å²) in [4.78, 5) is 2.18. The number of hydrogen-bond donors (Lipinski definition) is 2. The van der Waals surface area contributed by atoms with Gasteiger partial charge in [-0.25, -0.2) is 0 Å². The molecule has 1 heterocycles. The lowest BCUT2D eigenvalue weighted by Gasteiger charge is -2.38. The van der Waals surface area contributed by atoms with Crippen LogP contribution in [-0.2, 0) is 6.61 Å². The lowest BCUT2D eigenvalue weighted by atomic mass is 9.93. The highest BCUT2D eigenvalue weighted by Crippen LogP contribution is 2.30. The van der Waals surface area contributed by atoms with E-state index in [0.717, 1.165) is 37.2 Å². The quantitative estimate of drug-likeness (QED) is 0.851. The SMILES string of the molecule is CC1(O)CCN(c2cc(Cl)ccc2CO)CC1. The average Bonchev–Trinajstić information content (AvgIpc) is 2.29. The van der Waals surface area contributed by atoms with Crippen LogP contribution in [0.2, 0.25) is 5.02 Å². The average molecular weight is 256 g/mol. The van der Waals surface area contributed by atoms with Gasteiger partial charge in [-0.15, -0.1) is 0 Å². The monoisotopic (exact) mass is 255 g/mol. The summed E-state index contributed by atoms with van der Waals surface area (Å²) in [5.41, 5.74) is 1.31. The van der Waals surface area contributed by atoms with Crippen molar-refractivity contribution in [3.8, 4) is 0 Å². The topological polar surface area (TPSA) is 43.7 Å². The number of benzene rings is 1. The molecule has 4 heteroatoms. The van der Waals surface area contributed by atoms with Crippen LogP contribution in [-0.4, -0.2) is 28.9 Å². The summed E-state index contributed by atoms with van der Waals surface area (Å²) >= 11 is 5.99. The van der Waals surface area contributed by atoms with Crippen LogP contribution in [0.15, 0.2) is 18.2 Å². The second-order valence-corrected chi connectivity index (χ2v) is 5.35. The Morgan fingerprint density at radius 3 is 2.59 bits per heavy atom. The maximum absolute atomic E-state index is 9.92. The van der Waals surface area contributed by atoms with Crippen molar-refractivity contribution in [2.45, 2.75) is 32.0 Å². The van der Waals surface area contributed by atoms with Crippen LogP contribution in [0.4, 0.5) is 5.69 Å². The number of aliphatic hydroxyl groups is 2. The summed E-state index contributed by atoms with van der Waals surface area (Å²) in [7, 11) is 0. The predicted octanol–water partition coefficient (Wildman–Crippen LogP) is 2.18. The van der Waals surface area contributed by atoms with Gasteiger partial charge in [-0.05, 0) is 31.9 Å². The van der Waals surface area contributed by atoms with Crippen molar-refractivity contribution in [3.05, 3.63) is 28.8 Å². The van der Waals surface area contributed by atoms with E-state index in [0.29, 0.717) is 5.02 Å². The van der Waals surface area contributed by atoms with Gasteiger partial charge in [-0.2, -0.15) is 0 Å². The van der Waals surface area contributed by atoms with Crippen LogP contribution >= 0.6 is 11.6 Å². The molecule has 0 atom stereocenters. The molecule has 1 aliphatic rings. The van der Waals surface area contributed by atoms with Gasteiger partial charge < -0.3 is 15.1 Å². The molecule has 1 aromatic carbocycles. The van der Waals surface area contributed by atoms with Crippen molar-refractivity contribution in [2.24, 2.45) is 0 Å². The van der Waals surface area contributed by atoms with Crippen molar-refractivity contribution in [3.63, 3.8) is 0 Å². The molecule has 1 fully saturated rings. The maximum Gasteiger partial charge on any atom is 0.0702 e. The van der Waals surface area contributed by atoms with Crippen LogP contribution in [0.1, 0.15) is 25.3 Å². The minimum absolute atomic E-state index is 0.0133. The summed E-state index contributed by atoms with van der Waals surface area (Å²) in [6.07, 6.45) is 1.48. The Balaban J connectivity index is 2.20. The highest BCUT2D eigenvalue weighted by atomic mass is 35.5. The van der Waals surface area contributed by atoms with Crippen molar-refractivity contribution in [1.29, 1.82) is 0 Å². The maximum atomic E-state index is 9.92. The molecule has 0 saturated carbocycles. The molecule has 94 valence electrons. The largest absolute Gasteiger partial charge is 0.392 e.